The van der Waals surface area contributed by atoms with Crippen LogP contribution in [0, 0.1) is 11.8 Å². The van der Waals surface area contributed by atoms with Gasteiger partial charge in [0.05, 0.1) is 5.71 Å². The maximum Gasteiger partial charge on any atom is 0.0648 e. The highest BCUT2D eigenvalue weighted by atomic mass is 35.5. The van der Waals surface area contributed by atoms with Crippen molar-refractivity contribution in [3.63, 3.8) is 0 Å². The molecule has 3 nitrogen and oxygen atoms in total. The van der Waals surface area contributed by atoms with Gasteiger partial charge < -0.3 is 5.21 Å². The van der Waals surface area contributed by atoms with E-state index >= 15 is 0 Å². The number of oxime groups is 1. The Morgan fingerprint density at radius 3 is 2.41 bits per heavy atom. The van der Waals surface area contributed by atoms with Gasteiger partial charge in [-0.15, -0.1) is 12.4 Å². The van der Waals surface area contributed by atoms with Crippen molar-refractivity contribution in [3.8, 4) is 0 Å². The van der Waals surface area contributed by atoms with Crippen LogP contribution in [0.4, 0.5) is 0 Å². The maximum absolute atomic E-state index is 9.16. The molecule has 0 aromatic heterocycles. The third kappa shape index (κ3) is 2.32. The molecule has 3 unspecified atom stereocenters. The summed E-state index contributed by atoms with van der Waals surface area (Å²) in [7, 11) is 0. The van der Waals surface area contributed by atoms with Crippen molar-refractivity contribution in [2.24, 2.45) is 17.0 Å². The second-order valence-electron chi connectivity index (χ2n) is 5.65. The van der Waals surface area contributed by atoms with E-state index in [0.717, 1.165) is 5.71 Å². The molecule has 2 bridgehead atoms. The Morgan fingerprint density at radius 1 is 1.00 bits per heavy atom. The molecular weight excluding hydrogens is 236 g/mol. The van der Waals surface area contributed by atoms with Crippen LogP contribution in [0.1, 0.15) is 44.9 Å². The van der Waals surface area contributed by atoms with Gasteiger partial charge >= 0.3 is 0 Å². The molecule has 0 amide bonds. The van der Waals surface area contributed by atoms with Crippen LogP contribution in [0.2, 0.25) is 0 Å². The van der Waals surface area contributed by atoms with Crippen molar-refractivity contribution < 1.29 is 5.21 Å². The Bertz CT molecular complexity index is 289. The third-order valence-corrected chi connectivity index (χ3v) is 4.87. The molecule has 3 fully saturated rings. The van der Waals surface area contributed by atoms with Gasteiger partial charge in [-0.2, -0.15) is 0 Å². The van der Waals surface area contributed by atoms with Crippen molar-refractivity contribution in [1.82, 2.24) is 4.90 Å². The van der Waals surface area contributed by atoms with Crippen molar-refractivity contribution in [3.05, 3.63) is 0 Å². The second-order valence-corrected chi connectivity index (χ2v) is 5.65. The minimum Gasteiger partial charge on any atom is -0.411 e. The number of nitrogens with zero attached hydrogens (tertiary/aromatic N) is 2. The Morgan fingerprint density at radius 2 is 1.71 bits per heavy atom. The predicted octanol–water partition coefficient (Wildman–Crippen LogP) is 2.91. The van der Waals surface area contributed by atoms with Gasteiger partial charge in [0, 0.05) is 17.9 Å². The van der Waals surface area contributed by atoms with Crippen molar-refractivity contribution in [2.45, 2.75) is 51.0 Å². The number of fused-ring (bicyclic) bond motifs is 2. The lowest BCUT2D eigenvalue weighted by molar-refractivity contribution is 0.123. The lowest BCUT2D eigenvalue weighted by Gasteiger charge is -2.40. The predicted molar refractivity (Wildman–Crippen MR) is 71.1 cm³/mol. The fourth-order valence-corrected chi connectivity index (χ4v) is 4.08. The molecule has 3 aliphatic rings. The van der Waals surface area contributed by atoms with Crippen LogP contribution in [0.25, 0.3) is 0 Å². The number of piperidine rings is 1. The molecule has 17 heavy (non-hydrogen) atoms. The van der Waals surface area contributed by atoms with Crippen LogP contribution in [0.15, 0.2) is 5.16 Å². The zero-order valence-electron chi connectivity index (χ0n) is 10.3. The highest BCUT2D eigenvalue weighted by molar-refractivity contribution is 5.91. The number of likely N-dealkylation sites (tertiary alicyclic amines) is 1. The van der Waals surface area contributed by atoms with E-state index in [4.69, 9.17) is 5.21 Å². The highest BCUT2D eigenvalue weighted by Gasteiger charge is 2.44. The molecule has 0 aromatic rings. The van der Waals surface area contributed by atoms with Gasteiger partial charge in [0.1, 0.15) is 0 Å². The summed E-state index contributed by atoms with van der Waals surface area (Å²) >= 11 is 0. The van der Waals surface area contributed by atoms with E-state index in [9.17, 15) is 0 Å². The largest absolute Gasteiger partial charge is 0.411 e. The molecule has 0 aromatic carbocycles. The van der Waals surface area contributed by atoms with E-state index in [1.165, 1.54) is 58.0 Å². The Hall–Kier alpha value is -0.280. The fraction of sp³-hybridized carbons (Fsp3) is 0.923. The first kappa shape index (κ1) is 13.2. The van der Waals surface area contributed by atoms with E-state index in [2.05, 4.69) is 10.1 Å². The van der Waals surface area contributed by atoms with Crippen LogP contribution in [-0.2, 0) is 0 Å². The summed E-state index contributed by atoms with van der Waals surface area (Å²) in [6.45, 7) is 2.54. The first-order chi connectivity index (χ1) is 7.90. The van der Waals surface area contributed by atoms with Crippen molar-refractivity contribution in [1.29, 1.82) is 0 Å². The first-order valence-electron chi connectivity index (χ1n) is 6.86. The van der Waals surface area contributed by atoms with Crippen LogP contribution in [0.3, 0.4) is 0 Å². The summed E-state index contributed by atoms with van der Waals surface area (Å²) in [5.41, 5.74) is 1.13. The third-order valence-electron chi connectivity index (χ3n) is 4.87. The normalized spacial score (nSPS) is 40.2. The second kappa shape index (κ2) is 5.57. The summed E-state index contributed by atoms with van der Waals surface area (Å²) < 4.78 is 0. The molecule has 2 saturated carbocycles. The molecule has 98 valence electrons. The number of rotatable bonds is 1. The maximum atomic E-state index is 9.16. The molecule has 3 atom stereocenters. The van der Waals surface area contributed by atoms with Gasteiger partial charge in [-0.25, -0.2) is 0 Å². The van der Waals surface area contributed by atoms with Crippen LogP contribution >= 0.6 is 12.4 Å². The summed E-state index contributed by atoms with van der Waals surface area (Å²) in [4.78, 5) is 2.67. The highest BCUT2D eigenvalue weighted by Crippen LogP contribution is 2.42. The van der Waals surface area contributed by atoms with E-state index < -0.39 is 0 Å². The van der Waals surface area contributed by atoms with Gasteiger partial charge in [0.25, 0.3) is 0 Å². The zero-order valence-corrected chi connectivity index (χ0v) is 11.2. The summed E-state index contributed by atoms with van der Waals surface area (Å²) in [5.74, 6) is 1.18. The Kier molecular flexibility index (Phi) is 4.31. The molecule has 3 rings (SSSR count). The molecular formula is C13H23ClN2O. The van der Waals surface area contributed by atoms with E-state index in [-0.39, 0.29) is 12.4 Å². The number of hydrogen-bond donors (Lipinski definition) is 1. The first-order valence-corrected chi connectivity index (χ1v) is 6.86. The number of halogens is 1. The minimum atomic E-state index is 0. The van der Waals surface area contributed by atoms with Gasteiger partial charge in [-0.1, -0.05) is 11.6 Å². The summed E-state index contributed by atoms with van der Waals surface area (Å²) in [6, 6.07) is 0.685. The quantitative estimate of drug-likeness (QED) is 0.580. The lowest BCUT2D eigenvalue weighted by Crippen LogP contribution is -2.47. The van der Waals surface area contributed by atoms with E-state index in [0.29, 0.717) is 17.9 Å². The van der Waals surface area contributed by atoms with E-state index in [1.54, 1.807) is 0 Å². The minimum absolute atomic E-state index is 0. The van der Waals surface area contributed by atoms with Gasteiger partial charge in [-0.3, -0.25) is 4.90 Å². The average Bonchev–Trinajstić information content (AvgIpc) is 2.63. The van der Waals surface area contributed by atoms with Gasteiger partial charge in [0.2, 0.25) is 0 Å². The average molecular weight is 259 g/mol. The SMILES string of the molecule is Cl.O/N=C1/C2CCC1C(N1CCCCC1)CC2. The zero-order chi connectivity index (χ0) is 11.0. The summed E-state index contributed by atoms with van der Waals surface area (Å²) in [6.07, 6.45) is 9.21. The van der Waals surface area contributed by atoms with Crippen LogP contribution in [-0.4, -0.2) is 35.0 Å². The molecule has 2 aliphatic carbocycles. The number of hydrogen-bond acceptors (Lipinski definition) is 3. The summed E-state index contributed by atoms with van der Waals surface area (Å²) in [5, 5.41) is 12.8. The fourth-order valence-electron chi connectivity index (χ4n) is 4.08. The van der Waals surface area contributed by atoms with Crippen LogP contribution < -0.4 is 0 Å². The van der Waals surface area contributed by atoms with Gasteiger partial charge in [0.15, 0.2) is 0 Å². The molecule has 1 aliphatic heterocycles. The Labute approximate surface area is 110 Å². The molecule has 1 N–H and O–H groups in total. The molecule has 0 spiro atoms. The molecule has 4 heteroatoms. The van der Waals surface area contributed by atoms with E-state index in [1.807, 2.05) is 0 Å². The molecule has 0 radical (unpaired) electrons. The Balaban J connectivity index is 0.00000108. The van der Waals surface area contributed by atoms with Gasteiger partial charge in [-0.05, 0) is 51.6 Å². The molecule has 1 saturated heterocycles. The lowest BCUT2D eigenvalue weighted by atomic mass is 9.81. The smallest absolute Gasteiger partial charge is 0.0648 e. The van der Waals surface area contributed by atoms with Crippen molar-refractivity contribution >= 4 is 18.1 Å². The monoisotopic (exact) mass is 258 g/mol. The van der Waals surface area contributed by atoms with Crippen molar-refractivity contribution in [2.75, 3.05) is 13.1 Å². The standard InChI is InChI=1S/C13H22N2O.ClH/c16-14-13-10-4-6-11(13)12(7-5-10)15-8-2-1-3-9-15;/h10-12,16H,1-9H2;1H/b14-13-;. The molecule has 1 heterocycles. The van der Waals surface area contributed by atoms with Crippen LogP contribution in [0.5, 0.6) is 0 Å². The topological polar surface area (TPSA) is 35.8 Å².